The molecule has 7 heteroatoms. The maximum atomic E-state index is 13.0. The molecule has 0 aliphatic rings. The standard InChI is InChI=1S/C18H20FN3O3/c19-15-4-1-3-14(13-15)10-12-21-18(23)5-2-11-20-16-6-8-17(9-7-16)22(24)25/h1,3-4,6-9,13,20H,2,5,10-12H2,(H,21,23). The summed E-state index contributed by atoms with van der Waals surface area (Å²) >= 11 is 0. The number of nitrogens with one attached hydrogen (secondary N) is 2. The minimum Gasteiger partial charge on any atom is -0.385 e. The number of halogens is 1. The van der Waals surface area contributed by atoms with Gasteiger partial charge < -0.3 is 10.6 Å². The van der Waals surface area contributed by atoms with Crippen LogP contribution in [-0.2, 0) is 11.2 Å². The van der Waals surface area contributed by atoms with E-state index in [0.717, 1.165) is 11.3 Å². The van der Waals surface area contributed by atoms with E-state index in [4.69, 9.17) is 0 Å². The molecule has 0 aliphatic carbocycles. The van der Waals surface area contributed by atoms with Gasteiger partial charge in [-0.3, -0.25) is 14.9 Å². The highest BCUT2D eigenvalue weighted by Gasteiger charge is 2.04. The normalized spacial score (nSPS) is 10.3. The molecule has 0 spiro atoms. The summed E-state index contributed by atoms with van der Waals surface area (Å²) in [6.45, 7) is 1.06. The Morgan fingerprint density at radius 1 is 1.12 bits per heavy atom. The zero-order chi connectivity index (χ0) is 18.1. The lowest BCUT2D eigenvalue weighted by molar-refractivity contribution is -0.384. The summed E-state index contributed by atoms with van der Waals surface area (Å²) < 4.78 is 13.0. The molecule has 0 aromatic heterocycles. The van der Waals surface area contributed by atoms with Crippen LogP contribution < -0.4 is 10.6 Å². The topological polar surface area (TPSA) is 84.3 Å². The van der Waals surface area contributed by atoms with E-state index >= 15 is 0 Å². The Kier molecular flexibility index (Phi) is 6.88. The van der Waals surface area contributed by atoms with Crippen LogP contribution in [0.3, 0.4) is 0 Å². The number of nitrogens with zero attached hydrogens (tertiary/aromatic N) is 1. The summed E-state index contributed by atoms with van der Waals surface area (Å²) in [6, 6.07) is 12.5. The molecular weight excluding hydrogens is 325 g/mol. The first-order chi connectivity index (χ1) is 12.0. The van der Waals surface area contributed by atoms with Gasteiger partial charge in [0.05, 0.1) is 4.92 Å². The second kappa shape index (κ2) is 9.36. The van der Waals surface area contributed by atoms with Gasteiger partial charge in [-0.15, -0.1) is 0 Å². The first-order valence-corrected chi connectivity index (χ1v) is 8.04. The van der Waals surface area contributed by atoms with Crippen LogP contribution in [0.5, 0.6) is 0 Å². The van der Waals surface area contributed by atoms with Crippen LogP contribution in [0.15, 0.2) is 48.5 Å². The van der Waals surface area contributed by atoms with Crippen LogP contribution in [-0.4, -0.2) is 23.9 Å². The van der Waals surface area contributed by atoms with Crippen molar-refractivity contribution in [2.45, 2.75) is 19.3 Å². The van der Waals surface area contributed by atoms with Crippen LogP contribution in [0, 0.1) is 15.9 Å². The Balaban J connectivity index is 1.59. The summed E-state index contributed by atoms with van der Waals surface area (Å²) in [5, 5.41) is 16.5. The molecule has 6 nitrogen and oxygen atoms in total. The van der Waals surface area contributed by atoms with Crippen LogP contribution in [0.1, 0.15) is 18.4 Å². The van der Waals surface area contributed by atoms with Gasteiger partial charge in [0, 0.05) is 37.3 Å². The zero-order valence-corrected chi connectivity index (χ0v) is 13.7. The minimum atomic E-state index is -0.446. The molecule has 2 rings (SSSR count). The monoisotopic (exact) mass is 345 g/mol. The quantitative estimate of drug-likeness (QED) is 0.415. The molecule has 0 radical (unpaired) electrons. The lowest BCUT2D eigenvalue weighted by Gasteiger charge is -2.07. The number of amides is 1. The number of hydrogen-bond acceptors (Lipinski definition) is 4. The molecule has 0 unspecified atom stereocenters. The van der Waals surface area contributed by atoms with E-state index in [-0.39, 0.29) is 17.4 Å². The van der Waals surface area contributed by atoms with Gasteiger partial charge >= 0.3 is 0 Å². The summed E-state index contributed by atoms with van der Waals surface area (Å²) in [6.07, 6.45) is 1.61. The molecule has 0 bridgehead atoms. The predicted octanol–water partition coefficient (Wildman–Crippen LogP) is 3.28. The van der Waals surface area contributed by atoms with Gasteiger partial charge in [0.15, 0.2) is 0 Å². The van der Waals surface area contributed by atoms with Crippen molar-refractivity contribution >= 4 is 17.3 Å². The Morgan fingerprint density at radius 3 is 2.56 bits per heavy atom. The molecule has 0 atom stereocenters. The largest absolute Gasteiger partial charge is 0.385 e. The minimum absolute atomic E-state index is 0.0447. The average molecular weight is 345 g/mol. The fraction of sp³-hybridized carbons (Fsp3) is 0.278. The van der Waals surface area contributed by atoms with Crippen molar-refractivity contribution in [3.63, 3.8) is 0 Å². The third-order valence-electron chi connectivity index (χ3n) is 3.61. The lowest BCUT2D eigenvalue weighted by Crippen LogP contribution is -2.25. The number of nitro groups is 1. The summed E-state index contributed by atoms with van der Waals surface area (Å²) in [7, 11) is 0. The van der Waals surface area contributed by atoms with Crippen molar-refractivity contribution in [2.24, 2.45) is 0 Å². The Labute approximate surface area is 145 Å². The second-order valence-electron chi connectivity index (χ2n) is 5.56. The maximum Gasteiger partial charge on any atom is 0.269 e. The first kappa shape index (κ1) is 18.4. The van der Waals surface area contributed by atoms with Gasteiger partial charge in [-0.25, -0.2) is 4.39 Å². The SMILES string of the molecule is O=C(CCCNc1ccc([N+](=O)[O-])cc1)NCCc1cccc(F)c1. The van der Waals surface area contributed by atoms with Crippen molar-refractivity contribution in [3.8, 4) is 0 Å². The second-order valence-corrected chi connectivity index (χ2v) is 5.56. The van der Waals surface area contributed by atoms with Gasteiger partial charge in [-0.1, -0.05) is 12.1 Å². The number of hydrogen-bond donors (Lipinski definition) is 2. The molecule has 0 aliphatic heterocycles. The molecule has 2 N–H and O–H groups in total. The van der Waals surface area contributed by atoms with Gasteiger partial charge in [0.1, 0.15) is 5.82 Å². The lowest BCUT2D eigenvalue weighted by atomic mass is 10.1. The molecule has 0 fully saturated rings. The third kappa shape index (κ3) is 6.58. The van der Waals surface area contributed by atoms with Crippen molar-refractivity contribution in [1.29, 1.82) is 0 Å². The van der Waals surface area contributed by atoms with E-state index in [1.165, 1.54) is 24.3 Å². The molecule has 132 valence electrons. The van der Waals surface area contributed by atoms with Gasteiger partial charge in [-0.05, 0) is 42.7 Å². The van der Waals surface area contributed by atoms with E-state index in [1.54, 1.807) is 18.2 Å². The fourth-order valence-electron chi connectivity index (χ4n) is 2.31. The summed E-state index contributed by atoms with van der Waals surface area (Å²) in [5.41, 5.74) is 1.67. The van der Waals surface area contributed by atoms with E-state index < -0.39 is 4.92 Å². The number of carbonyl (C=O) groups excluding carboxylic acids is 1. The average Bonchev–Trinajstić information content (AvgIpc) is 2.59. The van der Waals surface area contributed by atoms with Crippen molar-refractivity contribution < 1.29 is 14.1 Å². The van der Waals surface area contributed by atoms with Crippen molar-refractivity contribution in [3.05, 3.63) is 70.0 Å². The molecule has 2 aromatic carbocycles. The molecule has 0 heterocycles. The number of carbonyl (C=O) groups is 1. The Bertz CT molecular complexity index is 720. The van der Waals surface area contributed by atoms with Gasteiger partial charge in [-0.2, -0.15) is 0 Å². The number of benzene rings is 2. The Hall–Kier alpha value is -2.96. The van der Waals surface area contributed by atoms with E-state index in [9.17, 15) is 19.3 Å². The molecule has 0 saturated carbocycles. The smallest absolute Gasteiger partial charge is 0.269 e. The predicted molar refractivity (Wildman–Crippen MR) is 93.9 cm³/mol. The fourth-order valence-corrected chi connectivity index (χ4v) is 2.31. The first-order valence-electron chi connectivity index (χ1n) is 8.04. The van der Waals surface area contributed by atoms with E-state index in [2.05, 4.69) is 10.6 Å². The molecule has 1 amide bonds. The van der Waals surface area contributed by atoms with E-state index in [0.29, 0.717) is 32.4 Å². The van der Waals surface area contributed by atoms with Crippen LogP contribution in [0.2, 0.25) is 0 Å². The molecule has 2 aromatic rings. The highest BCUT2D eigenvalue weighted by atomic mass is 19.1. The highest BCUT2D eigenvalue weighted by Crippen LogP contribution is 2.15. The number of nitro benzene ring substituents is 1. The van der Waals surface area contributed by atoms with E-state index in [1.807, 2.05) is 6.07 Å². The number of anilines is 1. The number of rotatable bonds is 9. The maximum absolute atomic E-state index is 13.0. The molecular formula is C18H20FN3O3. The number of non-ortho nitro benzene ring substituents is 1. The Morgan fingerprint density at radius 2 is 1.88 bits per heavy atom. The van der Waals surface area contributed by atoms with Gasteiger partial charge in [0.25, 0.3) is 5.69 Å². The van der Waals surface area contributed by atoms with Crippen LogP contribution in [0.25, 0.3) is 0 Å². The summed E-state index contributed by atoms with van der Waals surface area (Å²) in [4.78, 5) is 21.9. The highest BCUT2D eigenvalue weighted by molar-refractivity contribution is 5.75. The molecule has 25 heavy (non-hydrogen) atoms. The van der Waals surface area contributed by atoms with Crippen LogP contribution in [0.4, 0.5) is 15.8 Å². The van der Waals surface area contributed by atoms with Crippen molar-refractivity contribution in [2.75, 3.05) is 18.4 Å². The van der Waals surface area contributed by atoms with Crippen LogP contribution >= 0.6 is 0 Å². The summed E-state index contributed by atoms with van der Waals surface area (Å²) in [5.74, 6) is -0.331. The zero-order valence-electron chi connectivity index (χ0n) is 13.7. The van der Waals surface area contributed by atoms with Gasteiger partial charge in [0.2, 0.25) is 5.91 Å². The molecule has 0 saturated heterocycles. The third-order valence-corrected chi connectivity index (χ3v) is 3.61. The van der Waals surface area contributed by atoms with Crippen molar-refractivity contribution in [1.82, 2.24) is 5.32 Å².